The Hall–Kier alpha value is -2.95. The molecule has 1 heterocycles. The summed E-state index contributed by atoms with van der Waals surface area (Å²) < 4.78 is 0. The van der Waals surface area contributed by atoms with Crippen LogP contribution in [0.4, 0.5) is 5.69 Å². The van der Waals surface area contributed by atoms with Crippen LogP contribution in [-0.2, 0) is 24.2 Å². The number of hydrogen-bond donors (Lipinski definition) is 2. The van der Waals surface area contributed by atoms with Gasteiger partial charge in [-0.15, -0.1) is 0 Å². The summed E-state index contributed by atoms with van der Waals surface area (Å²) in [6, 6.07) is 11.2. The van der Waals surface area contributed by atoms with Crippen molar-refractivity contribution in [3.63, 3.8) is 0 Å². The second kappa shape index (κ2) is 6.75. The highest BCUT2D eigenvalue weighted by Gasteiger charge is 2.19. The molecule has 0 spiro atoms. The molecule has 0 atom stereocenters. The van der Waals surface area contributed by atoms with Gasteiger partial charge in [-0.2, -0.15) is 0 Å². The zero-order valence-electron chi connectivity index (χ0n) is 14.4. The van der Waals surface area contributed by atoms with Crippen molar-refractivity contribution in [1.29, 1.82) is 0 Å². The van der Waals surface area contributed by atoms with Crippen LogP contribution in [-0.4, -0.2) is 17.6 Å². The van der Waals surface area contributed by atoms with Crippen LogP contribution in [0.15, 0.2) is 36.4 Å². The van der Waals surface area contributed by atoms with E-state index < -0.39 is 0 Å². The molecule has 0 bridgehead atoms. The van der Waals surface area contributed by atoms with E-state index in [1.807, 2.05) is 24.3 Å². The summed E-state index contributed by atoms with van der Waals surface area (Å²) in [6.45, 7) is 0.525. The predicted octanol–water partition coefficient (Wildman–Crippen LogP) is 3.02. The zero-order valence-corrected chi connectivity index (χ0v) is 14.4. The number of rotatable bonds is 5. The molecule has 26 heavy (non-hydrogen) atoms. The Morgan fingerprint density at radius 1 is 0.962 bits per heavy atom. The van der Waals surface area contributed by atoms with E-state index in [1.165, 1.54) is 11.1 Å². The summed E-state index contributed by atoms with van der Waals surface area (Å²) in [6.07, 6.45) is 3.57. The maximum absolute atomic E-state index is 12.4. The van der Waals surface area contributed by atoms with E-state index in [4.69, 9.17) is 0 Å². The van der Waals surface area contributed by atoms with Crippen LogP contribution < -0.4 is 10.6 Å². The maximum atomic E-state index is 12.4. The first-order valence-corrected chi connectivity index (χ1v) is 8.96. The number of ketones is 1. The lowest BCUT2D eigenvalue weighted by Crippen LogP contribution is -2.14. The Labute approximate surface area is 151 Å². The molecule has 132 valence electrons. The molecule has 2 aliphatic rings. The quantitative estimate of drug-likeness (QED) is 0.816. The third-order valence-electron chi connectivity index (χ3n) is 5.08. The Balaban J connectivity index is 1.35. The molecule has 0 aromatic heterocycles. The van der Waals surface area contributed by atoms with Crippen LogP contribution in [0.25, 0.3) is 0 Å². The molecule has 0 fully saturated rings. The van der Waals surface area contributed by atoms with Gasteiger partial charge in [-0.3, -0.25) is 14.4 Å². The summed E-state index contributed by atoms with van der Waals surface area (Å²) in [5.41, 5.74) is 5.39. The van der Waals surface area contributed by atoms with Crippen molar-refractivity contribution in [2.75, 3.05) is 5.32 Å². The second-order valence-corrected chi connectivity index (χ2v) is 6.86. The number of amides is 2. The Morgan fingerprint density at radius 3 is 2.65 bits per heavy atom. The van der Waals surface area contributed by atoms with Crippen LogP contribution in [0.1, 0.15) is 56.7 Å². The minimum atomic E-state index is -0.224. The molecular weight excluding hydrogens is 328 g/mol. The Bertz CT molecular complexity index is 917. The lowest BCUT2D eigenvalue weighted by molar-refractivity contribution is -0.116. The fourth-order valence-electron chi connectivity index (χ4n) is 3.63. The number of hydrogen-bond acceptors (Lipinski definition) is 3. The first-order valence-electron chi connectivity index (χ1n) is 8.96. The highest BCUT2D eigenvalue weighted by atomic mass is 16.2. The number of nitrogens with one attached hydrogen (secondary N) is 2. The molecule has 1 aliphatic carbocycles. The highest BCUT2D eigenvalue weighted by Crippen LogP contribution is 2.24. The van der Waals surface area contributed by atoms with Crippen LogP contribution in [0.5, 0.6) is 0 Å². The molecule has 2 N–H and O–H groups in total. The second-order valence-electron chi connectivity index (χ2n) is 6.86. The number of Topliss-reactive ketones (excluding diaryl/α,β-unsaturated/α-hetero) is 1. The van der Waals surface area contributed by atoms with Gasteiger partial charge in [-0.1, -0.05) is 18.2 Å². The van der Waals surface area contributed by atoms with Gasteiger partial charge < -0.3 is 10.6 Å². The van der Waals surface area contributed by atoms with Gasteiger partial charge >= 0.3 is 0 Å². The van der Waals surface area contributed by atoms with E-state index in [2.05, 4.69) is 10.6 Å². The van der Waals surface area contributed by atoms with E-state index >= 15 is 0 Å². The van der Waals surface area contributed by atoms with Crippen LogP contribution in [0, 0.1) is 0 Å². The largest absolute Gasteiger partial charge is 0.348 e. The molecular formula is C21H20N2O3. The number of benzene rings is 2. The van der Waals surface area contributed by atoms with Gasteiger partial charge in [-0.25, -0.2) is 0 Å². The van der Waals surface area contributed by atoms with Crippen molar-refractivity contribution in [3.8, 4) is 0 Å². The minimum Gasteiger partial charge on any atom is -0.348 e. The SMILES string of the molecule is O=C(CCC(=O)c1ccc2c(c1)CCC2)Nc1ccc2c(c1)C(=O)NC2. The van der Waals surface area contributed by atoms with Gasteiger partial charge in [0.05, 0.1) is 0 Å². The number of fused-ring (bicyclic) bond motifs is 2. The molecule has 2 aromatic carbocycles. The number of aryl methyl sites for hydroxylation is 2. The molecule has 0 saturated carbocycles. The standard InChI is InChI=1S/C21H20N2O3/c24-19(15-5-4-13-2-1-3-14(13)10-15)8-9-20(25)23-17-7-6-16-12-22-21(26)18(16)11-17/h4-7,10-11H,1-3,8-9,12H2,(H,22,26)(H,23,25). The maximum Gasteiger partial charge on any atom is 0.251 e. The molecule has 0 saturated heterocycles. The van der Waals surface area contributed by atoms with E-state index in [0.717, 1.165) is 24.8 Å². The first-order chi connectivity index (χ1) is 12.6. The fraction of sp³-hybridized carbons (Fsp3) is 0.286. The number of carbonyl (C=O) groups excluding carboxylic acids is 3. The van der Waals surface area contributed by atoms with Crippen molar-refractivity contribution >= 4 is 23.3 Å². The molecule has 4 rings (SSSR count). The van der Waals surface area contributed by atoms with Gasteiger partial charge in [-0.05, 0) is 54.2 Å². The van der Waals surface area contributed by atoms with Crippen LogP contribution in [0.2, 0.25) is 0 Å². The van der Waals surface area contributed by atoms with E-state index in [0.29, 0.717) is 23.4 Å². The van der Waals surface area contributed by atoms with Gasteiger partial charge in [0, 0.05) is 36.2 Å². The normalized spacial score (nSPS) is 14.5. The number of anilines is 1. The summed E-state index contributed by atoms with van der Waals surface area (Å²) in [4.78, 5) is 36.2. The van der Waals surface area contributed by atoms with Crippen molar-refractivity contribution in [3.05, 3.63) is 64.2 Å². The molecule has 5 nitrogen and oxygen atoms in total. The smallest absolute Gasteiger partial charge is 0.251 e. The first kappa shape index (κ1) is 16.5. The topological polar surface area (TPSA) is 75.3 Å². The molecule has 2 amide bonds. The summed E-state index contributed by atoms with van der Waals surface area (Å²) >= 11 is 0. The monoisotopic (exact) mass is 348 g/mol. The molecule has 5 heteroatoms. The average molecular weight is 348 g/mol. The molecule has 2 aromatic rings. The number of carbonyl (C=O) groups is 3. The fourth-order valence-corrected chi connectivity index (χ4v) is 3.63. The van der Waals surface area contributed by atoms with Gasteiger partial charge in [0.2, 0.25) is 5.91 Å². The summed E-state index contributed by atoms with van der Waals surface area (Å²) in [5, 5.41) is 5.51. The van der Waals surface area contributed by atoms with Crippen LogP contribution >= 0.6 is 0 Å². The molecule has 0 unspecified atom stereocenters. The third-order valence-corrected chi connectivity index (χ3v) is 5.08. The van der Waals surface area contributed by atoms with Crippen molar-refractivity contribution in [2.24, 2.45) is 0 Å². The predicted molar refractivity (Wildman–Crippen MR) is 98.3 cm³/mol. The lowest BCUT2D eigenvalue weighted by atomic mass is 10.0. The van der Waals surface area contributed by atoms with Crippen molar-refractivity contribution < 1.29 is 14.4 Å². The summed E-state index contributed by atoms with van der Waals surface area (Å²) in [5.74, 6) is -0.357. The van der Waals surface area contributed by atoms with E-state index in [-0.39, 0.29) is 30.4 Å². The Kier molecular flexibility index (Phi) is 4.29. The van der Waals surface area contributed by atoms with Gasteiger partial charge in [0.1, 0.15) is 0 Å². The molecule has 0 radical (unpaired) electrons. The van der Waals surface area contributed by atoms with Crippen molar-refractivity contribution in [1.82, 2.24) is 5.32 Å². The van der Waals surface area contributed by atoms with Gasteiger partial charge in [0.15, 0.2) is 5.78 Å². The average Bonchev–Trinajstić information content (AvgIpc) is 3.26. The third kappa shape index (κ3) is 3.25. The van der Waals surface area contributed by atoms with Crippen molar-refractivity contribution in [2.45, 2.75) is 38.6 Å². The summed E-state index contributed by atoms with van der Waals surface area (Å²) in [7, 11) is 0. The molecule has 1 aliphatic heterocycles. The lowest BCUT2D eigenvalue weighted by Gasteiger charge is -2.07. The minimum absolute atomic E-state index is 0.0109. The van der Waals surface area contributed by atoms with Crippen LogP contribution in [0.3, 0.4) is 0 Å². The van der Waals surface area contributed by atoms with Gasteiger partial charge in [0.25, 0.3) is 5.91 Å². The highest BCUT2D eigenvalue weighted by molar-refractivity contribution is 6.02. The zero-order chi connectivity index (χ0) is 18.1. The Morgan fingerprint density at radius 2 is 1.77 bits per heavy atom. The van der Waals surface area contributed by atoms with E-state index in [9.17, 15) is 14.4 Å². The van der Waals surface area contributed by atoms with E-state index in [1.54, 1.807) is 12.1 Å².